The summed E-state index contributed by atoms with van der Waals surface area (Å²) in [4.78, 5) is 12.9. The summed E-state index contributed by atoms with van der Waals surface area (Å²) in [6.45, 7) is 1.77. The third kappa shape index (κ3) is 4.43. The quantitative estimate of drug-likeness (QED) is 0.502. The third-order valence-electron chi connectivity index (χ3n) is 5.34. The average molecular weight is 495 g/mol. The Hall–Kier alpha value is -3.04. The Morgan fingerprint density at radius 1 is 1.06 bits per heavy atom. The zero-order valence-electron chi connectivity index (χ0n) is 17.2. The highest BCUT2D eigenvalue weighted by Crippen LogP contribution is 2.38. The molecule has 3 aromatic rings. The number of nitrogens with one attached hydrogen (secondary N) is 1. The van der Waals surface area contributed by atoms with Gasteiger partial charge in [0.1, 0.15) is 0 Å². The first-order valence-corrected chi connectivity index (χ1v) is 11.7. The lowest BCUT2D eigenvalue weighted by Gasteiger charge is -2.24. The maximum atomic E-state index is 13.2. The largest absolute Gasteiger partial charge is 0.416 e. The number of hydrogen-bond acceptors (Lipinski definition) is 3. The molecule has 0 aliphatic carbocycles. The number of rotatable bonds is 4. The van der Waals surface area contributed by atoms with E-state index in [1.807, 2.05) is 0 Å². The van der Waals surface area contributed by atoms with E-state index in [1.54, 1.807) is 31.2 Å². The monoisotopic (exact) mass is 494 g/mol. The Morgan fingerprint density at radius 3 is 2.42 bits per heavy atom. The van der Waals surface area contributed by atoms with E-state index in [9.17, 15) is 26.4 Å². The molecule has 0 radical (unpaired) electrons. The highest BCUT2D eigenvalue weighted by Gasteiger charge is 2.36. The molecule has 1 amide bonds. The van der Waals surface area contributed by atoms with Crippen molar-refractivity contribution in [3.63, 3.8) is 0 Å². The van der Waals surface area contributed by atoms with E-state index in [-0.39, 0.29) is 27.2 Å². The number of fused-ring (bicyclic) bond motifs is 1. The smallest absolute Gasteiger partial charge is 0.321 e. The van der Waals surface area contributed by atoms with Gasteiger partial charge in [-0.1, -0.05) is 29.8 Å². The van der Waals surface area contributed by atoms with E-state index in [4.69, 9.17) is 11.6 Å². The van der Waals surface area contributed by atoms with Crippen LogP contribution in [0.1, 0.15) is 28.4 Å². The fourth-order valence-corrected chi connectivity index (χ4v) is 5.69. The van der Waals surface area contributed by atoms with E-state index in [2.05, 4.69) is 5.32 Å². The fourth-order valence-electron chi connectivity index (χ4n) is 3.81. The van der Waals surface area contributed by atoms with Gasteiger partial charge in [0.15, 0.2) is 0 Å². The van der Waals surface area contributed by atoms with Crippen LogP contribution in [0.3, 0.4) is 0 Å². The predicted molar refractivity (Wildman–Crippen MR) is 120 cm³/mol. The van der Waals surface area contributed by atoms with Crippen LogP contribution in [0.25, 0.3) is 0 Å². The van der Waals surface area contributed by atoms with Crippen molar-refractivity contribution in [3.8, 4) is 0 Å². The molecule has 3 aromatic carbocycles. The number of alkyl halides is 3. The maximum absolute atomic E-state index is 13.2. The van der Waals surface area contributed by atoms with Gasteiger partial charge in [0.2, 0.25) is 0 Å². The number of hydrogen-bond donors (Lipinski definition) is 1. The molecule has 0 aromatic heterocycles. The second kappa shape index (κ2) is 8.39. The molecular weight excluding hydrogens is 477 g/mol. The lowest BCUT2D eigenvalue weighted by atomic mass is 10.1. The van der Waals surface area contributed by atoms with Crippen molar-refractivity contribution in [2.75, 3.05) is 9.62 Å². The van der Waals surface area contributed by atoms with Gasteiger partial charge in [0, 0.05) is 11.6 Å². The summed E-state index contributed by atoms with van der Waals surface area (Å²) in [5, 5.41) is 2.37. The average Bonchev–Trinajstić information content (AvgIpc) is 3.10. The molecule has 4 rings (SSSR count). The van der Waals surface area contributed by atoms with Crippen LogP contribution in [0, 0.1) is 0 Å². The molecule has 0 saturated heterocycles. The summed E-state index contributed by atoms with van der Waals surface area (Å²) in [5.74, 6) is -0.656. The first-order chi connectivity index (χ1) is 15.5. The molecule has 0 bridgehead atoms. The molecule has 0 spiro atoms. The number of benzene rings is 3. The van der Waals surface area contributed by atoms with E-state index < -0.39 is 27.7 Å². The number of anilines is 2. The number of nitrogens with zero attached hydrogens (tertiary/aromatic N) is 1. The molecule has 1 heterocycles. The van der Waals surface area contributed by atoms with Crippen LogP contribution < -0.4 is 9.62 Å². The number of carbonyl (C=O) groups is 1. The summed E-state index contributed by atoms with van der Waals surface area (Å²) in [6.07, 6.45) is -4.20. The minimum atomic E-state index is -4.58. The van der Waals surface area contributed by atoms with Crippen LogP contribution in [0.5, 0.6) is 0 Å². The second-order valence-electron chi connectivity index (χ2n) is 7.66. The van der Waals surface area contributed by atoms with Gasteiger partial charge >= 0.3 is 6.18 Å². The normalized spacial score (nSPS) is 15.9. The summed E-state index contributed by atoms with van der Waals surface area (Å²) in [5.41, 5.74) is 0.170. The lowest BCUT2D eigenvalue weighted by Crippen LogP contribution is -2.35. The molecular formula is C23H18ClF3N2O3S. The summed E-state index contributed by atoms with van der Waals surface area (Å²) >= 11 is 5.96. The molecule has 1 aliphatic rings. The molecule has 0 unspecified atom stereocenters. The number of halogens is 4. The van der Waals surface area contributed by atoms with E-state index in [0.717, 1.165) is 18.2 Å². The van der Waals surface area contributed by atoms with Crippen molar-refractivity contribution in [3.05, 3.63) is 88.4 Å². The summed E-state index contributed by atoms with van der Waals surface area (Å²) in [7, 11) is -3.80. The van der Waals surface area contributed by atoms with Crippen LogP contribution >= 0.6 is 11.6 Å². The van der Waals surface area contributed by atoms with Crippen molar-refractivity contribution >= 4 is 38.9 Å². The van der Waals surface area contributed by atoms with Crippen LogP contribution in [0.4, 0.5) is 24.5 Å². The van der Waals surface area contributed by atoms with Gasteiger partial charge < -0.3 is 5.32 Å². The molecule has 33 heavy (non-hydrogen) atoms. The molecule has 5 nitrogen and oxygen atoms in total. The van der Waals surface area contributed by atoms with Crippen molar-refractivity contribution < 1.29 is 26.4 Å². The number of amides is 1. The fraction of sp³-hybridized carbons (Fsp3) is 0.174. The Balaban J connectivity index is 1.63. The highest BCUT2D eigenvalue weighted by atomic mass is 35.5. The number of carbonyl (C=O) groups excluding carboxylic acids is 1. The van der Waals surface area contributed by atoms with Gasteiger partial charge in [-0.15, -0.1) is 0 Å². The molecule has 1 aliphatic heterocycles. The molecule has 1 N–H and O–H groups in total. The van der Waals surface area contributed by atoms with E-state index in [1.165, 1.54) is 28.6 Å². The van der Waals surface area contributed by atoms with Gasteiger partial charge in [-0.25, -0.2) is 8.42 Å². The zero-order valence-corrected chi connectivity index (χ0v) is 18.8. The summed E-state index contributed by atoms with van der Waals surface area (Å²) < 4.78 is 66.6. The van der Waals surface area contributed by atoms with Crippen molar-refractivity contribution in [1.29, 1.82) is 0 Å². The first-order valence-electron chi connectivity index (χ1n) is 9.89. The second-order valence-corrected chi connectivity index (χ2v) is 9.88. The SMILES string of the molecule is C[C@@H]1Cc2cc(C(=O)Nc3cc(C(F)(F)F)ccc3Cl)ccc2N1S(=O)(=O)c1ccccc1. The number of sulfonamides is 1. The van der Waals surface area contributed by atoms with Crippen molar-refractivity contribution in [2.24, 2.45) is 0 Å². The van der Waals surface area contributed by atoms with Crippen LogP contribution in [0.2, 0.25) is 5.02 Å². The Labute approximate surface area is 193 Å². The standard InChI is InChI=1S/C23H18ClF3N2O3S/c1-14-11-16-12-15(22(30)28-20-13-17(23(25,26)27)8-9-19(20)24)7-10-21(16)29(14)33(31,32)18-5-3-2-4-6-18/h2-10,12-14H,11H2,1H3,(H,28,30)/t14-/m1/s1. The minimum Gasteiger partial charge on any atom is -0.321 e. The van der Waals surface area contributed by atoms with E-state index in [0.29, 0.717) is 17.7 Å². The van der Waals surface area contributed by atoms with Crippen LogP contribution in [-0.4, -0.2) is 20.4 Å². The molecule has 1 atom stereocenters. The van der Waals surface area contributed by atoms with Crippen LogP contribution in [0.15, 0.2) is 71.6 Å². The molecule has 0 fully saturated rings. The minimum absolute atomic E-state index is 0.0359. The van der Waals surface area contributed by atoms with Gasteiger partial charge in [0.05, 0.1) is 26.9 Å². The van der Waals surface area contributed by atoms with Gasteiger partial charge in [-0.05, 0) is 67.4 Å². The zero-order chi connectivity index (χ0) is 24.0. The Bertz CT molecular complexity index is 1330. The maximum Gasteiger partial charge on any atom is 0.416 e. The Morgan fingerprint density at radius 2 is 1.76 bits per heavy atom. The van der Waals surface area contributed by atoms with Gasteiger partial charge in [-0.2, -0.15) is 13.2 Å². The van der Waals surface area contributed by atoms with Crippen molar-refractivity contribution in [2.45, 2.75) is 30.5 Å². The highest BCUT2D eigenvalue weighted by molar-refractivity contribution is 7.92. The molecule has 10 heteroatoms. The lowest BCUT2D eigenvalue weighted by molar-refractivity contribution is -0.137. The van der Waals surface area contributed by atoms with E-state index >= 15 is 0 Å². The van der Waals surface area contributed by atoms with Gasteiger partial charge in [0.25, 0.3) is 15.9 Å². The molecule has 172 valence electrons. The first kappa shape index (κ1) is 23.1. The topological polar surface area (TPSA) is 66.5 Å². The van der Waals surface area contributed by atoms with Crippen LogP contribution in [-0.2, 0) is 22.6 Å². The van der Waals surface area contributed by atoms with Gasteiger partial charge in [-0.3, -0.25) is 9.10 Å². The predicted octanol–water partition coefficient (Wildman–Crippen LogP) is 5.75. The molecule has 0 saturated carbocycles. The Kier molecular flexibility index (Phi) is 5.88. The third-order valence-corrected chi connectivity index (χ3v) is 7.61. The van der Waals surface area contributed by atoms with Crippen molar-refractivity contribution in [1.82, 2.24) is 0 Å². The summed E-state index contributed by atoms with van der Waals surface area (Å²) in [6, 6.07) is 14.8.